The molecule has 0 aromatic rings. The normalized spacial score (nSPS) is 29.9. The second-order valence-corrected chi connectivity index (χ2v) is 9.33. The molecule has 0 saturated heterocycles. The quantitative estimate of drug-likeness (QED) is 0.331. The van der Waals surface area contributed by atoms with Gasteiger partial charge >= 0.3 is 0 Å². The van der Waals surface area contributed by atoms with Gasteiger partial charge in [0.2, 0.25) is 0 Å². The van der Waals surface area contributed by atoms with Crippen molar-refractivity contribution in [1.29, 1.82) is 0 Å². The monoisotopic (exact) mass is 326 g/mol. The Hall–Kier alpha value is 0.350. The van der Waals surface area contributed by atoms with Gasteiger partial charge in [-0.1, -0.05) is 85.5 Å². The first-order chi connectivity index (χ1) is 10.5. The van der Waals surface area contributed by atoms with Crippen LogP contribution in [0.1, 0.15) is 105 Å². The molecule has 0 aromatic carbocycles. The van der Waals surface area contributed by atoms with Crippen molar-refractivity contribution >= 4 is 11.8 Å². The van der Waals surface area contributed by atoms with Crippen LogP contribution in [-0.2, 0) is 0 Å². The van der Waals surface area contributed by atoms with Crippen molar-refractivity contribution < 1.29 is 0 Å². The van der Waals surface area contributed by atoms with Crippen molar-refractivity contribution in [1.82, 2.24) is 0 Å². The number of unbranched alkanes of at least 4 members (excludes halogenated alkanes) is 6. The van der Waals surface area contributed by atoms with E-state index < -0.39 is 0 Å². The summed E-state index contributed by atoms with van der Waals surface area (Å²) in [6.07, 6.45) is 19.8. The van der Waals surface area contributed by atoms with Gasteiger partial charge in [0.25, 0.3) is 0 Å². The van der Waals surface area contributed by atoms with Crippen molar-refractivity contribution in [3.05, 3.63) is 0 Å². The minimum absolute atomic E-state index is 0.634. The van der Waals surface area contributed by atoms with Gasteiger partial charge < -0.3 is 0 Å². The molecule has 1 heteroatoms. The van der Waals surface area contributed by atoms with E-state index in [9.17, 15) is 0 Å². The molecule has 0 bridgehead atoms. The van der Waals surface area contributed by atoms with Crippen molar-refractivity contribution in [3.8, 4) is 0 Å². The predicted molar refractivity (Wildman–Crippen MR) is 105 cm³/mol. The maximum Gasteiger partial charge on any atom is 0.0124 e. The number of hydrogen-bond acceptors (Lipinski definition) is 1. The molecule has 0 heterocycles. The van der Waals surface area contributed by atoms with E-state index in [1.807, 2.05) is 0 Å². The lowest BCUT2D eigenvalue weighted by Crippen LogP contribution is -2.27. The highest BCUT2D eigenvalue weighted by atomic mass is 32.2. The molecular formula is C21H42S. The zero-order valence-electron chi connectivity index (χ0n) is 16.1. The Morgan fingerprint density at radius 1 is 1.05 bits per heavy atom. The zero-order chi connectivity index (χ0) is 16.4. The Bertz CT molecular complexity index is 275. The van der Waals surface area contributed by atoms with Crippen LogP contribution in [-0.4, -0.2) is 11.5 Å². The lowest BCUT2D eigenvalue weighted by molar-refractivity contribution is 0.295. The number of hydrogen-bond donors (Lipinski definition) is 0. The highest BCUT2D eigenvalue weighted by Crippen LogP contribution is 2.50. The third-order valence-corrected chi connectivity index (χ3v) is 7.81. The van der Waals surface area contributed by atoms with Crippen molar-refractivity contribution in [2.75, 3.05) is 6.26 Å². The Morgan fingerprint density at radius 2 is 1.64 bits per heavy atom. The Morgan fingerprint density at radius 3 is 2.23 bits per heavy atom. The fraction of sp³-hybridized carbons (Fsp3) is 1.00. The smallest absolute Gasteiger partial charge is 0.0124 e. The summed E-state index contributed by atoms with van der Waals surface area (Å²) in [5.74, 6) is 1.88. The van der Waals surface area contributed by atoms with Gasteiger partial charge in [0.05, 0.1) is 0 Å². The molecule has 22 heavy (non-hydrogen) atoms. The molecule has 1 aliphatic carbocycles. The molecule has 1 aliphatic rings. The van der Waals surface area contributed by atoms with Crippen LogP contribution >= 0.6 is 11.8 Å². The molecule has 132 valence electrons. The Balaban J connectivity index is 1.99. The predicted octanol–water partition coefficient (Wildman–Crippen LogP) is 7.71. The van der Waals surface area contributed by atoms with E-state index in [0.29, 0.717) is 5.41 Å². The summed E-state index contributed by atoms with van der Waals surface area (Å²) >= 11 is 2.13. The van der Waals surface area contributed by atoms with Crippen LogP contribution in [0.25, 0.3) is 0 Å². The minimum atomic E-state index is 0.634. The van der Waals surface area contributed by atoms with E-state index in [1.54, 1.807) is 0 Å². The second kappa shape index (κ2) is 11.0. The van der Waals surface area contributed by atoms with E-state index in [2.05, 4.69) is 45.7 Å². The summed E-state index contributed by atoms with van der Waals surface area (Å²) in [6, 6.07) is 0. The van der Waals surface area contributed by atoms with E-state index in [0.717, 1.165) is 17.1 Å². The van der Waals surface area contributed by atoms with Crippen LogP contribution < -0.4 is 0 Å². The fourth-order valence-electron chi connectivity index (χ4n) is 4.43. The van der Waals surface area contributed by atoms with E-state index >= 15 is 0 Å². The lowest BCUT2D eigenvalue weighted by Gasteiger charge is -2.32. The molecule has 1 saturated carbocycles. The molecule has 0 amide bonds. The molecule has 0 radical (unpaired) electrons. The molecular weight excluding hydrogens is 284 g/mol. The fourth-order valence-corrected chi connectivity index (χ4v) is 5.84. The van der Waals surface area contributed by atoms with Gasteiger partial charge in [0.15, 0.2) is 0 Å². The molecule has 4 atom stereocenters. The maximum absolute atomic E-state index is 2.56. The van der Waals surface area contributed by atoms with Crippen molar-refractivity contribution in [3.63, 3.8) is 0 Å². The van der Waals surface area contributed by atoms with E-state index in [4.69, 9.17) is 0 Å². The highest BCUT2D eigenvalue weighted by molar-refractivity contribution is 7.99. The van der Waals surface area contributed by atoms with Crippen LogP contribution in [0.4, 0.5) is 0 Å². The van der Waals surface area contributed by atoms with Gasteiger partial charge in [-0.15, -0.1) is 0 Å². The van der Waals surface area contributed by atoms with Gasteiger partial charge in [-0.2, -0.15) is 11.8 Å². The van der Waals surface area contributed by atoms with Crippen molar-refractivity contribution in [2.45, 2.75) is 110 Å². The number of thioether (sulfide) groups is 1. The number of rotatable bonds is 12. The largest absolute Gasteiger partial charge is 0.161 e. The summed E-state index contributed by atoms with van der Waals surface area (Å²) in [7, 11) is 0. The molecule has 4 unspecified atom stereocenters. The summed E-state index contributed by atoms with van der Waals surface area (Å²) in [5, 5.41) is 0.910. The van der Waals surface area contributed by atoms with Crippen LogP contribution in [0, 0.1) is 17.3 Å². The van der Waals surface area contributed by atoms with E-state index in [-0.39, 0.29) is 0 Å². The Labute approximate surface area is 145 Å². The van der Waals surface area contributed by atoms with Crippen LogP contribution in [0.15, 0.2) is 0 Å². The first-order valence-electron chi connectivity index (χ1n) is 10.1. The summed E-state index contributed by atoms with van der Waals surface area (Å²) in [6.45, 7) is 9.74. The van der Waals surface area contributed by atoms with Crippen LogP contribution in [0.5, 0.6) is 0 Å². The van der Waals surface area contributed by atoms with Gasteiger partial charge in [0, 0.05) is 5.25 Å². The molecule has 0 nitrogen and oxygen atoms in total. The highest BCUT2D eigenvalue weighted by Gasteiger charge is 2.41. The van der Waals surface area contributed by atoms with Gasteiger partial charge in [0.1, 0.15) is 0 Å². The third-order valence-electron chi connectivity index (χ3n) is 6.27. The molecule has 0 aromatic heterocycles. The summed E-state index contributed by atoms with van der Waals surface area (Å²) < 4.78 is 0. The SMILES string of the molecule is CCC(C)CCCCCCCCCC1(C)CCC(C)C1SC. The average molecular weight is 327 g/mol. The maximum atomic E-state index is 2.56. The summed E-state index contributed by atoms with van der Waals surface area (Å²) in [4.78, 5) is 0. The summed E-state index contributed by atoms with van der Waals surface area (Å²) in [5.41, 5.74) is 0.634. The van der Waals surface area contributed by atoms with Crippen LogP contribution in [0.3, 0.4) is 0 Å². The first kappa shape index (κ1) is 20.4. The molecule has 1 rings (SSSR count). The molecule has 0 aliphatic heterocycles. The molecule has 1 fully saturated rings. The van der Waals surface area contributed by atoms with Crippen LogP contribution in [0.2, 0.25) is 0 Å². The Kier molecular flexibility index (Phi) is 10.2. The van der Waals surface area contributed by atoms with Crippen molar-refractivity contribution in [2.24, 2.45) is 17.3 Å². The van der Waals surface area contributed by atoms with E-state index in [1.165, 1.54) is 77.0 Å². The average Bonchev–Trinajstić information content (AvgIpc) is 2.80. The minimum Gasteiger partial charge on any atom is -0.161 e. The van der Waals surface area contributed by atoms with Gasteiger partial charge in [-0.05, 0) is 42.8 Å². The third kappa shape index (κ3) is 6.85. The second-order valence-electron chi connectivity index (χ2n) is 8.35. The lowest BCUT2D eigenvalue weighted by atomic mass is 9.82. The molecule has 0 N–H and O–H groups in total. The zero-order valence-corrected chi connectivity index (χ0v) is 16.9. The van der Waals surface area contributed by atoms with Gasteiger partial charge in [-0.25, -0.2) is 0 Å². The topological polar surface area (TPSA) is 0 Å². The van der Waals surface area contributed by atoms with Gasteiger partial charge in [-0.3, -0.25) is 0 Å². The first-order valence-corrected chi connectivity index (χ1v) is 11.3. The molecule has 0 spiro atoms. The standard InChI is InChI=1S/C21H42S/c1-6-18(2)14-12-10-8-7-9-11-13-16-21(4)17-15-19(3)20(21)22-5/h18-20H,6-17H2,1-5H3.